The quantitative estimate of drug-likeness (QED) is 0.493. The predicted molar refractivity (Wildman–Crippen MR) is 118 cm³/mol. The zero-order chi connectivity index (χ0) is 20.2. The number of anilines is 1. The number of aromatic nitrogens is 3. The van der Waals surface area contributed by atoms with E-state index in [1.807, 2.05) is 79.7 Å². The van der Waals surface area contributed by atoms with Crippen molar-refractivity contribution in [3.8, 4) is 11.4 Å². The van der Waals surface area contributed by atoms with Crippen LogP contribution < -0.4 is 5.32 Å². The van der Waals surface area contributed by atoms with Gasteiger partial charge in [0.15, 0.2) is 5.69 Å². The van der Waals surface area contributed by atoms with Crippen LogP contribution in [-0.4, -0.2) is 26.0 Å². The summed E-state index contributed by atoms with van der Waals surface area (Å²) in [5.74, 6) is -0.320. The molecule has 0 saturated heterocycles. The second kappa shape index (κ2) is 9.05. The number of hydrogen-bond acceptors (Lipinski definition) is 4. The molecule has 0 spiro atoms. The number of aromatic hydroxyl groups is 1. The lowest BCUT2D eigenvalue weighted by Gasteiger charge is -2.11. The number of nitrogens with one attached hydrogen (secondary N) is 1. The highest BCUT2D eigenvalue weighted by atomic mass is 16.3. The molecule has 0 aliphatic rings. The van der Waals surface area contributed by atoms with Crippen molar-refractivity contribution in [2.45, 2.75) is 20.3 Å². The molecule has 0 fully saturated rings. The van der Waals surface area contributed by atoms with Crippen molar-refractivity contribution < 1.29 is 9.90 Å². The van der Waals surface area contributed by atoms with Crippen LogP contribution in [0.15, 0.2) is 84.9 Å². The molecule has 1 aromatic heterocycles. The van der Waals surface area contributed by atoms with Gasteiger partial charge in [-0.1, -0.05) is 62.9 Å². The molecular formula is C24H24N4O2. The Morgan fingerprint density at radius 3 is 2.13 bits per heavy atom. The van der Waals surface area contributed by atoms with Gasteiger partial charge in [-0.3, -0.25) is 4.79 Å². The van der Waals surface area contributed by atoms with Crippen LogP contribution in [0.1, 0.15) is 42.0 Å². The highest BCUT2D eigenvalue weighted by Crippen LogP contribution is 2.27. The highest BCUT2D eigenvalue weighted by Gasteiger charge is 2.24. The van der Waals surface area contributed by atoms with E-state index < -0.39 is 0 Å². The molecule has 0 aliphatic carbocycles. The van der Waals surface area contributed by atoms with Gasteiger partial charge in [-0.15, -0.1) is 5.10 Å². The van der Waals surface area contributed by atoms with E-state index in [-0.39, 0.29) is 30.7 Å². The van der Waals surface area contributed by atoms with Crippen LogP contribution >= 0.6 is 0 Å². The van der Waals surface area contributed by atoms with Crippen molar-refractivity contribution in [1.82, 2.24) is 15.0 Å². The van der Waals surface area contributed by atoms with Gasteiger partial charge >= 0.3 is 0 Å². The van der Waals surface area contributed by atoms with Crippen LogP contribution in [0.4, 0.5) is 5.69 Å². The fourth-order valence-electron chi connectivity index (χ4n) is 3.08. The molecule has 4 aromatic rings. The fraction of sp³-hybridized carbons (Fsp3) is 0.125. The molecule has 6 heteroatoms. The predicted octanol–water partition coefficient (Wildman–Crippen LogP) is 5.01. The van der Waals surface area contributed by atoms with Gasteiger partial charge in [-0.25, -0.2) is 0 Å². The third-order valence-corrected chi connectivity index (χ3v) is 4.68. The average Bonchev–Trinajstić information content (AvgIpc) is 3.21. The molecule has 0 saturated carbocycles. The highest BCUT2D eigenvalue weighted by molar-refractivity contribution is 6.03. The summed E-state index contributed by atoms with van der Waals surface area (Å²) in [6, 6.07) is 25.6. The summed E-state index contributed by atoms with van der Waals surface area (Å²) in [4.78, 5) is 14.5. The first-order valence-corrected chi connectivity index (χ1v) is 9.30. The largest absolute Gasteiger partial charge is 0.508 e. The number of carbonyl (C=O) groups is 1. The number of nitrogens with zero attached hydrogens (tertiary/aromatic N) is 3. The first-order valence-electron chi connectivity index (χ1n) is 9.30. The van der Waals surface area contributed by atoms with Gasteiger partial charge in [0.05, 0.1) is 5.69 Å². The first-order chi connectivity index (χ1) is 14.1. The molecule has 3 aromatic carbocycles. The topological polar surface area (TPSA) is 80.0 Å². The number of rotatable bonds is 5. The van der Waals surface area contributed by atoms with Crippen molar-refractivity contribution in [1.29, 1.82) is 0 Å². The number of phenols is 1. The summed E-state index contributed by atoms with van der Waals surface area (Å²) in [6.45, 7) is 1.96. The van der Waals surface area contributed by atoms with Crippen LogP contribution in [-0.2, 0) is 0 Å². The van der Waals surface area contributed by atoms with Gasteiger partial charge in [0.2, 0.25) is 0 Å². The van der Waals surface area contributed by atoms with Crippen LogP contribution in [0.3, 0.4) is 0 Å². The monoisotopic (exact) mass is 400 g/mol. The Bertz CT molecular complexity index is 1110. The maximum absolute atomic E-state index is 13.0. The number of benzene rings is 3. The fourth-order valence-corrected chi connectivity index (χ4v) is 3.08. The van der Waals surface area contributed by atoms with Gasteiger partial charge in [-0.05, 0) is 42.0 Å². The minimum atomic E-state index is -0.320. The van der Waals surface area contributed by atoms with E-state index in [9.17, 15) is 9.90 Å². The van der Waals surface area contributed by atoms with E-state index in [2.05, 4.69) is 15.5 Å². The SMILES string of the molecule is C.CC(c1ccc(O)cc1)c1nn(-c2ccccc2)nc1C(=O)Nc1ccccc1. The molecule has 4 rings (SSSR count). The van der Waals surface area contributed by atoms with Crippen molar-refractivity contribution in [2.75, 3.05) is 5.32 Å². The third-order valence-electron chi connectivity index (χ3n) is 4.68. The molecule has 0 radical (unpaired) electrons. The lowest BCUT2D eigenvalue weighted by atomic mass is 9.96. The van der Waals surface area contributed by atoms with E-state index >= 15 is 0 Å². The van der Waals surface area contributed by atoms with Gasteiger partial charge in [0, 0.05) is 11.6 Å². The van der Waals surface area contributed by atoms with Crippen LogP contribution in [0, 0.1) is 0 Å². The van der Waals surface area contributed by atoms with Crippen LogP contribution in [0.25, 0.3) is 5.69 Å². The Balaban J connectivity index is 0.00000256. The molecule has 152 valence electrons. The van der Waals surface area contributed by atoms with Crippen molar-refractivity contribution >= 4 is 11.6 Å². The number of para-hydroxylation sites is 2. The van der Waals surface area contributed by atoms with E-state index in [1.165, 1.54) is 4.80 Å². The molecule has 1 unspecified atom stereocenters. The molecule has 1 amide bonds. The maximum atomic E-state index is 13.0. The summed E-state index contributed by atoms with van der Waals surface area (Å²) in [6.07, 6.45) is 0. The molecular weight excluding hydrogens is 376 g/mol. The van der Waals surface area contributed by atoms with Crippen LogP contribution in [0.2, 0.25) is 0 Å². The molecule has 0 bridgehead atoms. The number of hydrogen-bond donors (Lipinski definition) is 2. The van der Waals surface area contributed by atoms with Crippen molar-refractivity contribution in [3.63, 3.8) is 0 Å². The summed E-state index contributed by atoms with van der Waals surface area (Å²) in [5, 5.41) is 21.6. The minimum Gasteiger partial charge on any atom is -0.508 e. The standard InChI is InChI=1S/C23H20N4O2.CH4/c1-16(17-12-14-20(28)15-13-17)21-22(23(29)24-18-8-4-2-5-9-18)26-27(25-21)19-10-6-3-7-11-19;/h2-16,28H,1H3,(H,24,29);1H4. The molecule has 2 N–H and O–H groups in total. The van der Waals surface area contributed by atoms with E-state index in [4.69, 9.17) is 0 Å². The lowest BCUT2D eigenvalue weighted by Crippen LogP contribution is -2.16. The van der Waals surface area contributed by atoms with Crippen molar-refractivity contribution in [3.05, 3.63) is 102 Å². The second-order valence-corrected chi connectivity index (χ2v) is 6.69. The summed E-state index contributed by atoms with van der Waals surface area (Å²) in [7, 11) is 0. The van der Waals surface area contributed by atoms with Gasteiger partial charge in [0.25, 0.3) is 5.91 Å². The zero-order valence-corrected chi connectivity index (χ0v) is 15.9. The summed E-state index contributed by atoms with van der Waals surface area (Å²) >= 11 is 0. The van der Waals surface area contributed by atoms with Gasteiger partial charge in [-0.2, -0.15) is 9.90 Å². The van der Waals surface area contributed by atoms with Crippen molar-refractivity contribution in [2.24, 2.45) is 0 Å². The Labute approximate surface area is 175 Å². The summed E-state index contributed by atoms with van der Waals surface area (Å²) < 4.78 is 0. The smallest absolute Gasteiger partial charge is 0.278 e. The molecule has 0 aliphatic heterocycles. The van der Waals surface area contributed by atoms with Gasteiger partial charge < -0.3 is 10.4 Å². The Morgan fingerprint density at radius 1 is 0.900 bits per heavy atom. The van der Waals surface area contributed by atoms with Gasteiger partial charge in [0.1, 0.15) is 11.4 Å². The Kier molecular flexibility index (Phi) is 6.27. The normalized spacial score (nSPS) is 11.4. The van der Waals surface area contributed by atoms with E-state index in [1.54, 1.807) is 12.1 Å². The van der Waals surface area contributed by atoms with E-state index in [0.717, 1.165) is 11.3 Å². The average molecular weight is 400 g/mol. The molecule has 30 heavy (non-hydrogen) atoms. The van der Waals surface area contributed by atoms with Crippen LogP contribution in [0.5, 0.6) is 5.75 Å². The minimum absolute atomic E-state index is 0. The third kappa shape index (κ3) is 4.38. The Hall–Kier alpha value is -3.93. The second-order valence-electron chi connectivity index (χ2n) is 6.69. The molecule has 6 nitrogen and oxygen atoms in total. The lowest BCUT2D eigenvalue weighted by molar-refractivity contribution is 0.102. The molecule has 1 atom stereocenters. The Morgan fingerprint density at radius 2 is 1.50 bits per heavy atom. The first kappa shape index (κ1) is 20.8. The molecule has 1 heterocycles. The number of phenolic OH excluding ortho intramolecular Hbond substituents is 1. The van der Waals surface area contributed by atoms with E-state index in [0.29, 0.717) is 11.4 Å². The number of amides is 1. The summed E-state index contributed by atoms with van der Waals surface area (Å²) in [5.41, 5.74) is 3.21. The number of carbonyl (C=O) groups excluding carboxylic acids is 1. The maximum Gasteiger partial charge on any atom is 0.278 e. The zero-order valence-electron chi connectivity index (χ0n) is 15.9.